The molecule has 0 spiro atoms. The van der Waals surface area contributed by atoms with E-state index in [4.69, 9.17) is 0 Å². The van der Waals surface area contributed by atoms with E-state index in [0.717, 1.165) is 23.9 Å². The van der Waals surface area contributed by atoms with Gasteiger partial charge in [-0.1, -0.05) is 0 Å². The summed E-state index contributed by atoms with van der Waals surface area (Å²) in [5.74, 6) is 0.390. The normalized spacial score (nSPS) is 17.0. The van der Waals surface area contributed by atoms with Crippen molar-refractivity contribution >= 4 is 28.8 Å². The van der Waals surface area contributed by atoms with Crippen molar-refractivity contribution < 1.29 is 14.4 Å². The first-order chi connectivity index (χ1) is 13.6. The molecule has 1 saturated heterocycles. The first-order valence-electron chi connectivity index (χ1n) is 9.90. The number of aromatic nitrogens is 2. The van der Waals surface area contributed by atoms with Crippen molar-refractivity contribution in [3.05, 3.63) is 30.1 Å². The summed E-state index contributed by atoms with van der Waals surface area (Å²) in [5.41, 5.74) is 2.30. The molecule has 8 heteroatoms. The molecular weight excluding hydrogens is 358 g/mol. The lowest BCUT2D eigenvalue weighted by molar-refractivity contribution is -0.133. The Kier molecular flexibility index (Phi) is 5.27. The minimum Gasteiger partial charge on any atom is -0.356 e. The van der Waals surface area contributed by atoms with E-state index in [0.29, 0.717) is 51.1 Å². The van der Waals surface area contributed by atoms with Crippen LogP contribution in [-0.2, 0) is 9.59 Å². The van der Waals surface area contributed by atoms with Gasteiger partial charge in [0.1, 0.15) is 0 Å². The fourth-order valence-corrected chi connectivity index (χ4v) is 3.51. The SMILES string of the molecule is O=C(NCCCC(=O)N1CCN(C(=O)c2ccc3nc[nH]c3c2)CC1)C1CC1. The number of aromatic amines is 1. The number of piperazine rings is 1. The summed E-state index contributed by atoms with van der Waals surface area (Å²) >= 11 is 0. The molecule has 0 bridgehead atoms. The minimum absolute atomic E-state index is 0.0219. The first kappa shape index (κ1) is 18.5. The van der Waals surface area contributed by atoms with Crippen LogP contribution in [0.2, 0.25) is 0 Å². The van der Waals surface area contributed by atoms with Crippen LogP contribution in [0.4, 0.5) is 0 Å². The molecule has 4 rings (SSSR count). The molecule has 1 aromatic heterocycles. The van der Waals surface area contributed by atoms with Gasteiger partial charge in [0, 0.05) is 50.6 Å². The summed E-state index contributed by atoms with van der Waals surface area (Å²) in [4.78, 5) is 47.4. The van der Waals surface area contributed by atoms with E-state index in [1.807, 2.05) is 17.0 Å². The zero-order chi connectivity index (χ0) is 19.5. The van der Waals surface area contributed by atoms with Crippen molar-refractivity contribution in [3.8, 4) is 0 Å². The van der Waals surface area contributed by atoms with Crippen LogP contribution in [0.5, 0.6) is 0 Å². The number of fused-ring (bicyclic) bond motifs is 1. The fraction of sp³-hybridized carbons (Fsp3) is 0.500. The molecule has 1 aliphatic heterocycles. The molecule has 0 atom stereocenters. The van der Waals surface area contributed by atoms with Gasteiger partial charge in [0.05, 0.1) is 17.4 Å². The number of hydrogen-bond acceptors (Lipinski definition) is 4. The molecule has 0 unspecified atom stereocenters. The molecule has 1 aromatic carbocycles. The molecule has 0 radical (unpaired) electrons. The van der Waals surface area contributed by atoms with Gasteiger partial charge in [-0.2, -0.15) is 0 Å². The third kappa shape index (κ3) is 4.16. The number of imidazole rings is 1. The van der Waals surface area contributed by atoms with Gasteiger partial charge in [0.2, 0.25) is 11.8 Å². The highest BCUT2D eigenvalue weighted by molar-refractivity contribution is 5.97. The van der Waals surface area contributed by atoms with Crippen molar-refractivity contribution in [1.29, 1.82) is 0 Å². The molecule has 2 fully saturated rings. The fourth-order valence-electron chi connectivity index (χ4n) is 3.51. The van der Waals surface area contributed by atoms with Gasteiger partial charge in [-0.15, -0.1) is 0 Å². The predicted octanol–water partition coefficient (Wildman–Crippen LogP) is 1.15. The Morgan fingerprint density at radius 2 is 1.86 bits per heavy atom. The Labute approximate surface area is 163 Å². The summed E-state index contributed by atoms with van der Waals surface area (Å²) < 4.78 is 0. The van der Waals surface area contributed by atoms with Gasteiger partial charge >= 0.3 is 0 Å². The van der Waals surface area contributed by atoms with E-state index in [2.05, 4.69) is 15.3 Å². The molecule has 3 amide bonds. The van der Waals surface area contributed by atoms with E-state index in [1.54, 1.807) is 17.3 Å². The quantitative estimate of drug-likeness (QED) is 0.731. The molecule has 8 nitrogen and oxygen atoms in total. The van der Waals surface area contributed by atoms with Crippen LogP contribution in [0.1, 0.15) is 36.0 Å². The molecule has 1 aliphatic carbocycles. The monoisotopic (exact) mass is 383 g/mol. The van der Waals surface area contributed by atoms with Gasteiger partial charge in [-0.3, -0.25) is 14.4 Å². The predicted molar refractivity (Wildman–Crippen MR) is 104 cm³/mol. The molecule has 2 N–H and O–H groups in total. The number of carbonyl (C=O) groups excluding carboxylic acids is 3. The molecule has 148 valence electrons. The Balaban J connectivity index is 1.21. The second-order valence-electron chi connectivity index (χ2n) is 7.48. The summed E-state index contributed by atoms with van der Waals surface area (Å²) in [5, 5.41) is 2.88. The largest absolute Gasteiger partial charge is 0.356 e. The molecule has 1 saturated carbocycles. The van der Waals surface area contributed by atoms with Crippen molar-refractivity contribution in [3.63, 3.8) is 0 Å². The highest BCUT2D eigenvalue weighted by atomic mass is 16.2. The van der Waals surface area contributed by atoms with Crippen molar-refractivity contribution in [1.82, 2.24) is 25.1 Å². The van der Waals surface area contributed by atoms with E-state index < -0.39 is 0 Å². The highest BCUT2D eigenvalue weighted by Crippen LogP contribution is 2.28. The van der Waals surface area contributed by atoms with Crippen LogP contribution < -0.4 is 5.32 Å². The van der Waals surface area contributed by atoms with Crippen LogP contribution in [-0.4, -0.2) is 70.2 Å². The number of nitrogens with zero attached hydrogens (tertiary/aromatic N) is 3. The molecule has 2 heterocycles. The average Bonchev–Trinajstić information content (AvgIpc) is 3.47. The third-order valence-electron chi connectivity index (χ3n) is 5.40. The Morgan fingerprint density at radius 3 is 2.61 bits per heavy atom. The lowest BCUT2D eigenvalue weighted by Gasteiger charge is -2.35. The lowest BCUT2D eigenvalue weighted by Crippen LogP contribution is -2.50. The first-order valence-corrected chi connectivity index (χ1v) is 9.90. The average molecular weight is 383 g/mol. The number of amides is 3. The minimum atomic E-state index is -0.0219. The van der Waals surface area contributed by atoms with Crippen LogP contribution >= 0.6 is 0 Å². The topological polar surface area (TPSA) is 98.4 Å². The van der Waals surface area contributed by atoms with Gasteiger partial charge in [0.15, 0.2) is 0 Å². The molecular formula is C20H25N5O3. The number of carbonyl (C=O) groups is 3. The molecule has 2 aromatic rings. The van der Waals surface area contributed by atoms with E-state index >= 15 is 0 Å². The van der Waals surface area contributed by atoms with Crippen molar-refractivity contribution in [2.45, 2.75) is 25.7 Å². The molecule has 2 aliphatic rings. The maximum atomic E-state index is 12.7. The second-order valence-corrected chi connectivity index (χ2v) is 7.48. The van der Waals surface area contributed by atoms with Gasteiger partial charge in [-0.25, -0.2) is 4.98 Å². The number of nitrogens with one attached hydrogen (secondary N) is 2. The maximum absolute atomic E-state index is 12.7. The van der Waals surface area contributed by atoms with Gasteiger partial charge in [-0.05, 0) is 37.5 Å². The Hall–Kier alpha value is -2.90. The zero-order valence-electron chi connectivity index (χ0n) is 15.8. The third-order valence-corrected chi connectivity index (χ3v) is 5.40. The van der Waals surface area contributed by atoms with E-state index in [1.165, 1.54) is 0 Å². The Morgan fingerprint density at radius 1 is 1.11 bits per heavy atom. The smallest absolute Gasteiger partial charge is 0.254 e. The maximum Gasteiger partial charge on any atom is 0.254 e. The number of benzene rings is 1. The van der Waals surface area contributed by atoms with Gasteiger partial charge < -0.3 is 20.1 Å². The summed E-state index contributed by atoms with van der Waals surface area (Å²) in [6.07, 6.45) is 4.67. The summed E-state index contributed by atoms with van der Waals surface area (Å²) in [6, 6.07) is 5.44. The van der Waals surface area contributed by atoms with E-state index in [-0.39, 0.29) is 23.6 Å². The van der Waals surface area contributed by atoms with Crippen molar-refractivity contribution in [2.24, 2.45) is 5.92 Å². The van der Waals surface area contributed by atoms with Crippen LogP contribution in [0.3, 0.4) is 0 Å². The number of hydrogen-bond donors (Lipinski definition) is 2. The summed E-state index contributed by atoms with van der Waals surface area (Å²) in [6.45, 7) is 2.71. The van der Waals surface area contributed by atoms with E-state index in [9.17, 15) is 14.4 Å². The van der Waals surface area contributed by atoms with Crippen LogP contribution in [0.25, 0.3) is 11.0 Å². The van der Waals surface area contributed by atoms with Crippen molar-refractivity contribution in [2.75, 3.05) is 32.7 Å². The molecule has 28 heavy (non-hydrogen) atoms. The summed E-state index contributed by atoms with van der Waals surface area (Å²) in [7, 11) is 0. The Bertz CT molecular complexity index is 881. The number of H-pyrrole nitrogens is 1. The lowest BCUT2D eigenvalue weighted by atomic mass is 10.1. The van der Waals surface area contributed by atoms with Crippen LogP contribution in [0.15, 0.2) is 24.5 Å². The van der Waals surface area contributed by atoms with Gasteiger partial charge in [0.25, 0.3) is 5.91 Å². The second kappa shape index (κ2) is 8.00. The zero-order valence-corrected chi connectivity index (χ0v) is 15.8. The standard InChI is InChI=1S/C20H25N5O3/c26-18(2-1-7-21-19(27)14-3-4-14)24-8-10-25(11-9-24)20(28)15-5-6-16-17(12-15)23-13-22-16/h5-6,12-14H,1-4,7-11H2,(H,21,27)(H,22,23). The highest BCUT2D eigenvalue weighted by Gasteiger charge is 2.29. The number of rotatable bonds is 6. The van der Waals surface area contributed by atoms with Crippen LogP contribution in [0, 0.1) is 5.92 Å².